The van der Waals surface area contributed by atoms with Gasteiger partial charge < -0.3 is 14.5 Å². The van der Waals surface area contributed by atoms with Crippen LogP contribution >= 0.6 is 0 Å². The molecule has 4 aromatic rings. The molecule has 170 valence electrons. The third-order valence-corrected chi connectivity index (χ3v) is 4.40. The van der Waals surface area contributed by atoms with Crippen molar-refractivity contribution in [3.8, 4) is 23.1 Å². The average molecular weight is 450 g/mol. The van der Waals surface area contributed by atoms with Crippen molar-refractivity contribution in [2.24, 2.45) is 5.41 Å². The van der Waals surface area contributed by atoms with Gasteiger partial charge in [0.2, 0.25) is 5.89 Å². The van der Waals surface area contributed by atoms with Crippen LogP contribution in [0.1, 0.15) is 26.5 Å². The first-order chi connectivity index (χ1) is 15.7. The lowest BCUT2D eigenvalue weighted by atomic mass is 9.91. The molecular weight excluding hydrogens is 427 g/mol. The minimum atomic E-state index is -0.653. The number of amides is 2. The number of urea groups is 1. The van der Waals surface area contributed by atoms with Crippen molar-refractivity contribution in [2.75, 3.05) is 10.6 Å². The van der Waals surface area contributed by atoms with Gasteiger partial charge in [-0.1, -0.05) is 20.8 Å². The quantitative estimate of drug-likeness (QED) is 0.351. The number of carbonyl (C=O) groups is 1. The van der Waals surface area contributed by atoms with Crippen molar-refractivity contribution in [2.45, 2.75) is 27.2 Å². The molecule has 0 saturated heterocycles. The van der Waals surface area contributed by atoms with Crippen molar-refractivity contribution in [1.82, 2.24) is 20.2 Å². The van der Waals surface area contributed by atoms with Crippen LogP contribution in [0.5, 0.6) is 11.5 Å². The zero-order valence-corrected chi connectivity index (χ0v) is 18.3. The number of rotatable bonds is 6. The molecule has 0 aliphatic carbocycles. The van der Waals surface area contributed by atoms with E-state index in [-0.39, 0.29) is 16.9 Å². The number of anilines is 2. The number of benzene rings is 1. The first-order valence-electron chi connectivity index (χ1n) is 10.2. The second-order valence-electron chi connectivity index (χ2n) is 8.55. The van der Waals surface area contributed by atoms with Gasteiger partial charge >= 0.3 is 6.03 Å². The zero-order valence-electron chi connectivity index (χ0n) is 18.3. The molecule has 0 saturated carbocycles. The predicted octanol–water partition coefficient (Wildman–Crippen LogP) is 5.62. The van der Waals surface area contributed by atoms with E-state index < -0.39 is 11.8 Å². The number of ether oxygens (including phenoxy) is 1. The number of nitrogens with one attached hydrogen (secondary N) is 3. The molecule has 0 atom stereocenters. The van der Waals surface area contributed by atoms with Crippen molar-refractivity contribution >= 4 is 17.5 Å². The Labute approximate surface area is 189 Å². The minimum Gasteiger partial charge on any atom is -0.457 e. The normalized spacial score (nSPS) is 11.3. The zero-order chi connectivity index (χ0) is 23.4. The molecule has 1 aromatic carbocycles. The summed E-state index contributed by atoms with van der Waals surface area (Å²) in [5, 5.41) is 12.0. The number of hydrogen-bond donors (Lipinski definition) is 3. The molecule has 0 aliphatic rings. The first kappa shape index (κ1) is 22.0. The lowest BCUT2D eigenvalue weighted by Crippen LogP contribution is -2.20. The Morgan fingerprint density at radius 1 is 1.09 bits per heavy atom. The van der Waals surface area contributed by atoms with Gasteiger partial charge in [-0.25, -0.2) is 14.2 Å². The van der Waals surface area contributed by atoms with Gasteiger partial charge in [-0.2, -0.15) is 5.10 Å². The number of pyridine rings is 1. The van der Waals surface area contributed by atoms with Crippen LogP contribution in [-0.4, -0.2) is 26.2 Å². The Morgan fingerprint density at radius 3 is 2.64 bits per heavy atom. The van der Waals surface area contributed by atoms with Gasteiger partial charge in [0.15, 0.2) is 5.82 Å². The standard InChI is InChI=1S/C23H23FN6O3/c1-23(2,3)13-14-10-20(30-29-14)28-22(31)27-18-5-4-15(11-17(18)24)33-16-6-7-25-19(12-16)21-26-8-9-32-21/h4-12H,13H2,1-3H3,(H3,27,28,29,30,31). The molecule has 0 unspecified atom stereocenters. The summed E-state index contributed by atoms with van der Waals surface area (Å²) in [7, 11) is 0. The summed E-state index contributed by atoms with van der Waals surface area (Å²) in [5.41, 5.74) is 1.46. The molecule has 3 N–H and O–H groups in total. The maximum atomic E-state index is 14.6. The number of halogens is 1. The highest BCUT2D eigenvalue weighted by Crippen LogP contribution is 2.28. The van der Waals surface area contributed by atoms with Crippen LogP contribution in [0.2, 0.25) is 0 Å². The molecule has 0 radical (unpaired) electrons. The lowest BCUT2D eigenvalue weighted by Gasteiger charge is -2.15. The van der Waals surface area contributed by atoms with Crippen molar-refractivity contribution in [3.63, 3.8) is 0 Å². The monoisotopic (exact) mass is 450 g/mol. The highest BCUT2D eigenvalue weighted by molar-refractivity contribution is 5.99. The number of aromatic nitrogens is 4. The van der Waals surface area contributed by atoms with E-state index in [1.165, 1.54) is 30.8 Å². The molecule has 0 fully saturated rings. The summed E-state index contributed by atoms with van der Waals surface area (Å²) >= 11 is 0. The van der Waals surface area contributed by atoms with E-state index in [2.05, 4.69) is 51.6 Å². The van der Waals surface area contributed by atoms with Gasteiger partial charge in [-0.3, -0.25) is 15.4 Å². The highest BCUT2D eigenvalue weighted by atomic mass is 19.1. The van der Waals surface area contributed by atoms with Crippen LogP contribution in [0.15, 0.2) is 59.5 Å². The molecule has 4 rings (SSSR count). The van der Waals surface area contributed by atoms with E-state index in [4.69, 9.17) is 9.15 Å². The van der Waals surface area contributed by atoms with Gasteiger partial charge in [0.1, 0.15) is 29.3 Å². The highest BCUT2D eigenvalue weighted by Gasteiger charge is 2.15. The SMILES string of the molecule is CC(C)(C)Cc1cc(NC(=O)Nc2ccc(Oc3ccnc(-c4ncco4)c3)cc2F)n[nH]1. The lowest BCUT2D eigenvalue weighted by molar-refractivity contribution is 0.262. The number of hydrogen-bond acceptors (Lipinski definition) is 6. The van der Waals surface area contributed by atoms with Crippen LogP contribution in [0.3, 0.4) is 0 Å². The molecule has 0 bridgehead atoms. The van der Waals surface area contributed by atoms with Gasteiger partial charge in [0.25, 0.3) is 0 Å². The summed E-state index contributed by atoms with van der Waals surface area (Å²) in [6.45, 7) is 6.31. The van der Waals surface area contributed by atoms with Crippen LogP contribution < -0.4 is 15.4 Å². The fraction of sp³-hybridized carbons (Fsp3) is 0.217. The number of nitrogens with zero attached hydrogens (tertiary/aromatic N) is 3. The van der Waals surface area contributed by atoms with E-state index >= 15 is 0 Å². The molecular formula is C23H23FN6O3. The van der Waals surface area contributed by atoms with Crippen LogP contribution in [0.4, 0.5) is 20.7 Å². The second kappa shape index (κ2) is 9.11. The number of aromatic amines is 1. The molecule has 2 amide bonds. The molecule has 0 spiro atoms. The maximum absolute atomic E-state index is 14.6. The van der Waals surface area contributed by atoms with Gasteiger partial charge in [0, 0.05) is 30.1 Å². The topological polar surface area (TPSA) is 118 Å². The summed E-state index contributed by atoms with van der Waals surface area (Å²) in [5.74, 6) is 0.731. The molecule has 10 heteroatoms. The third-order valence-electron chi connectivity index (χ3n) is 4.40. The van der Waals surface area contributed by atoms with E-state index in [1.54, 1.807) is 24.3 Å². The predicted molar refractivity (Wildman–Crippen MR) is 121 cm³/mol. The minimum absolute atomic E-state index is 0.000466. The number of oxazole rings is 1. The summed E-state index contributed by atoms with van der Waals surface area (Å²) in [6.07, 6.45) is 5.27. The Bertz CT molecular complexity index is 1250. The Balaban J connectivity index is 1.38. The molecule has 3 aromatic heterocycles. The summed E-state index contributed by atoms with van der Waals surface area (Å²) < 4.78 is 25.5. The van der Waals surface area contributed by atoms with Gasteiger partial charge in [-0.15, -0.1) is 0 Å². The van der Waals surface area contributed by atoms with Gasteiger partial charge in [0.05, 0.1) is 11.9 Å². The van der Waals surface area contributed by atoms with E-state index in [0.29, 0.717) is 23.2 Å². The van der Waals surface area contributed by atoms with Crippen molar-refractivity contribution in [1.29, 1.82) is 0 Å². The Kier molecular flexibility index (Phi) is 6.07. The molecule has 9 nitrogen and oxygen atoms in total. The fourth-order valence-corrected chi connectivity index (χ4v) is 3.10. The van der Waals surface area contributed by atoms with E-state index in [1.807, 2.05) is 0 Å². The summed E-state index contributed by atoms with van der Waals surface area (Å²) in [6, 6.07) is 8.52. The molecule has 0 aliphatic heterocycles. The van der Waals surface area contributed by atoms with Crippen LogP contribution in [0.25, 0.3) is 11.6 Å². The second-order valence-corrected chi connectivity index (χ2v) is 8.55. The summed E-state index contributed by atoms with van der Waals surface area (Å²) in [4.78, 5) is 20.5. The smallest absolute Gasteiger partial charge is 0.324 e. The van der Waals surface area contributed by atoms with Gasteiger partial charge in [-0.05, 0) is 30.0 Å². The van der Waals surface area contributed by atoms with E-state index in [0.717, 1.165) is 12.1 Å². The number of H-pyrrole nitrogens is 1. The van der Waals surface area contributed by atoms with Crippen LogP contribution in [-0.2, 0) is 6.42 Å². The molecule has 33 heavy (non-hydrogen) atoms. The van der Waals surface area contributed by atoms with Crippen LogP contribution in [0, 0.1) is 11.2 Å². The maximum Gasteiger partial charge on any atom is 0.324 e. The van der Waals surface area contributed by atoms with Crippen molar-refractivity contribution in [3.05, 3.63) is 66.6 Å². The Morgan fingerprint density at radius 2 is 1.91 bits per heavy atom. The van der Waals surface area contributed by atoms with Crippen molar-refractivity contribution < 1.29 is 18.3 Å². The Hall–Kier alpha value is -4.21. The largest absolute Gasteiger partial charge is 0.457 e. The fourth-order valence-electron chi connectivity index (χ4n) is 3.10. The first-order valence-corrected chi connectivity index (χ1v) is 10.2. The third kappa shape index (κ3) is 5.94. The average Bonchev–Trinajstić information content (AvgIpc) is 3.41. The van der Waals surface area contributed by atoms with E-state index in [9.17, 15) is 9.18 Å². The number of carbonyl (C=O) groups excluding carboxylic acids is 1. The molecule has 3 heterocycles.